The van der Waals surface area contributed by atoms with Gasteiger partial charge >= 0.3 is 0 Å². The molecule has 1 nitrogen and oxygen atoms in total. The van der Waals surface area contributed by atoms with Crippen LogP contribution in [0.2, 0.25) is 5.02 Å². The van der Waals surface area contributed by atoms with Gasteiger partial charge in [-0.05, 0) is 50.1 Å². The Bertz CT molecular complexity index is 498. The van der Waals surface area contributed by atoms with Gasteiger partial charge in [-0.25, -0.2) is 0 Å². The molecule has 0 aliphatic rings. The fourth-order valence-electron chi connectivity index (χ4n) is 1.02. The van der Waals surface area contributed by atoms with E-state index in [0.717, 1.165) is 7.57 Å². The summed E-state index contributed by atoms with van der Waals surface area (Å²) in [5, 5.41) is 0.582. The topological polar surface area (TPSA) is 17.1 Å². The number of rotatable bonds is 2. The lowest BCUT2D eigenvalue weighted by Crippen LogP contribution is -1.93. The van der Waals surface area contributed by atoms with Gasteiger partial charge in [0, 0.05) is 0 Å². The summed E-state index contributed by atoms with van der Waals surface area (Å²) in [5.41, 5.74) is 0. The van der Waals surface area contributed by atoms with E-state index in [4.69, 9.17) is 11.6 Å². The van der Waals surface area contributed by atoms with Gasteiger partial charge in [0.05, 0.1) is 22.3 Å². The number of hydrogen-bond donors (Lipinski definition) is 0. The molecule has 2 aromatic heterocycles. The van der Waals surface area contributed by atoms with Crippen molar-refractivity contribution in [1.82, 2.24) is 0 Å². The van der Waals surface area contributed by atoms with Crippen LogP contribution in [0.4, 0.5) is 0 Å². The van der Waals surface area contributed by atoms with Crippen LogP contribution < -0.4 is 0 Å². The second-order valence-electron chi connectivity index (χ2n) is 2.67. The van der Waals surface area contributed by atoms with Crippen LogP contribution >= 0.6 is 66.1 Å². The van der Waals surface area contributed by atoms with Crippen LogP contribution in [0, 0.1) is 0 Å². The molecule has 0 fully saturated rings. The molecular weight excluding hydrogens is 383 g/mol. The lowest BCUT2D eigenvalue weighted by molar-refractivity contribution is 0.104. The molecule has 2 aromatic rings. The average Bonchev–Trinajstić information content (AvgIpc) is 2.74. The molecular formula is C9H3Br2ClOS2. The minimum Gasteiger partial charge on any atom is -0.287 e. The van der Waals surface area contributed by atoms with E-state index in [9.17, 15) is 4.79 Å². The van der Waals surface area contributed by atoms with Crippen molar-refractivity contribution >= 4 is 71.9 Å². The van der Waals surface area contributed by atoms with Gasteiger partial charge in [-0.15, -0.1) is 22.7 Å². The Morgan fingerprint density at radius 1 is 1.20 bits per heavy atom. The average molecular weight is 387 g/mol. The summed E-state index contributed by atoms with van der Waals surface area (Å²) in [6.45, 7) is 0. The first-order valence-corrected chi connectivity index (χ1v) is 7.42. The Morgan fingerprint density at radius 2 is 1.93 bits per heavy atom. The number of thiophene rings is 2. The predicted octanol–water partition coefficient (Wildman–Crippen LogP) is 5.22. The van der Waals surface area contributed by atoms with Crippen LogP contribution in [-0.2, 0) is 0 Å². The van der Waals surface area contributed by atoms with Crippen molar-refractivity contribution in [3.8, 4) is 0 Å². The van der Waals surface area contributed by atoms with Gasteiger partial charge in [0.1, 0.15) is 0 Å². The van der Waals surface area contributed by atoms with Crippen molar-refractivity contribution in [2.75, 3.05) is 0 Å². The molecule has 0 aliphatic heterocycles. The van der Waals surface area contributed by atoms with Crippen LogP contribution in [0.25, 0.3) is 0 Å². The smallest absolute Gasteiger partial charge is 0.212 e. The van der Waals surface area contributed by atoms with Crippen molar-refractivity contribution in [2.24, 2.45) is 0 Å². The predicted molar refractivity (Wildman–Crippen MR) is 72.5 cm³/mol. The third-order valence-corrected chi connectivity index (χ3v) is 5.76. The quantitative estimate of drug-likeness (QED) is 0.647. The van der Waals surface area contributed by atoms with Crippen molar-refractivity contribution in [3.05, 3.63) is 40.5 Å². The summed E-state index contributed by atoms with van der Waals surface area (Å²) < 4.78 is 1.75. The molecule has 0 N–H and O–H groups in total. The number of ketones is 1. The minimum atomic E-state index is 0.0169. The Balaban J connectivity index is 2.36. The highest BCUT2D eigenvalue weighted by Crippen LogP contribution is 2.34. The van der Waals surface area contributed by atoms with E-state index in [1.54, 1.807) is 12.1 Å². The van der Waals surface area contributed by atoms with Crippen LogP contribution in [0.3, 0.4) is 0 Å². The Hall–Kier alpha value is 0.320. The van der Waals surface area contributed by atoms with Gasteiger partial charge in [-0.3, -0.25) is 4.79 Å². The molecule has 6 heteroatoms. The maximum absolute atomic E-state index is 11.9. The number of halogens is 3. The second-order valence-corrected chi connectivity index (χ2v) is 7.91. The maximum atomic E-state index is 11.9. The van der Waals surface area contributed by atoms with Gasteiger partial charge in [0.15, 0.2) is 0 Å². The summed E-state index contributed by atoms with van der Waals surface area (Å²) in [7, 11) is 0. The highest BCUT2D eigenvalue weighted by Gasteiger charge is 2.15. The Kier molecular flexibility index (Phi) is 3.67. The molecule has 0 spiro atoms. The SMILES string of the molecule is O=C(c1ccc(Br)s1)c1cc(Cl)c(Br)s1. The first kappa shape index (κ1) is 11.8. The van der Waals surface area contributed by atoms with Gasteiger partial charge in [0.25, 0.3) is 0 Å². The third-order valence-electron chi connectivity index (χ3n) is 1.67. The second kappa shape index (κ2) is 4.67. The zero-order valence-corrected chi connectivity index (χ0v) is 12.7. The van der Waals surface area contributed by atoms with E-state index in [1.807, 2.05) is 6.07 Å². The minimum absolute atomic E-state index is 0.0169. The molecule has 0 saturated carbocycles. The Labute approximate surface area is 116 Å². The monoisotopic (exact) mass is 384 g/mol. The molecule has 78 valence electrons. The highest BCUT2D eigenvalue weighted by atomic mass is 79.9. The van der Waals surface area contributed by atoms with E-state index >= 15 is 0 Å². The van der Waals surface area contributed by atoms with E-state index in [1.165, 1.54) is 22.7 Å². The zero-order valence-electron chi connectivity index (χ0n) is 7.09. The summed E-state index contributed by atoms with van der Waals surface area (Å²) in [5.74, 6) is 0.0169. The van der Waals surface area contributed by atoms with E-state index in [2.05, 4.69) is 31.9 Å². The molecule has 0 unspecified atom stereocenters. The summed E-state index contributed by atoms with van der Waals surface area (Å²) in [6, 6.07) is 5.35. The largest absolute Gasteiger partial charge is 0.287 e. The molecule has 0 atom stereocenters. The van der Waals surface area contributed by atoms with Gasteiger partial charge in [0.2, 0.25) is 5.78 Å². The maximum Gasteiger partial charge on any atom is 0.212 e. The summed E-state index contributed by atoms with van der Waals surface area (Å²) >= 11 is 15.3. The Morgan fingerprint density at radius 3 is 2.40 bits per heavy atom. The standard InChI is InChI=1S/C9H3Br2ClOS2/c10-7-2-1-5(14-7)8(13)6-3-4(12)9(11)15-6/h1-3H. The third kappa shape index (κ3) is 2.53. The number of hydrogen-bond acceptors (Lipinski definition) is 3. The summed E-state index contributed by atoms with van der Waals surface area (Å²) in [4.78, 5) is 13.3. The van der Waals surface area contributed by atoms with Gasteiger partial charge in [-0.1, -0.05) is 11.6 Å². The van der Waals surface area contributed by atoms with E-state index in [-0.39, 0.29) is 5.78 Å². The van der Waals surface area contributed by atoms with Crippen LogP contribution in [0.5, 0.6) is 0 Å². The lowest BCUT2D eigenvalue weighted by Gasteiger charge is -1.90. The van der Waals surface area contributed by atoms with Crippen molar-refractivity contribution in [3.63, 3.8) is 0 Å². The first-order chi connectivity index (χ1) is 7.08. The van der Waals surface area contributed by atoms with E-state index in [0.29, 0.717) is 14.8 Å². The fraction of sp³-hybridized carbons (Fsp3) is 0. The number of carbonyl (C=O) groups excluding carboxylic acids is 1. The molecule has 0 amide bonds. The molecule has 2 heterocycles. The van der Waals surface area contributed by atoms with Gasteiger partial charge in [-0.2, -0.15) is 0 Å². The van der Waals surface area contributed by atoms with Crippen LogP contribution in [-0.4, -0.2) is 5.78 Å². The first-order valence-electron chi connectivity index (χ1n) is 3.83. The van der Waals surface area contributed by atoms with Crippen molar-refractivity contribution in [1.29, 1.82) is 0 Å². The zero-order chi connectivity index (χ0) is 11.0. The molecule has 0 aliphatic carbocycles. The molecule has 0 saturated heterocycles. The highest BCUT2D eigenvalue weighted by molar-refractivity contribution is 9.11. The molecule has 0 bridgehead atoms. The molecule has 0 aromatic carbocycles. The van der Waals surface area contributed by atoms with Crippen LogP contribution in [0.15, 0.2) is 25.8 Å². The van der Waals surface area contributed by atoms with Crippen LogP contribution in [0.1, 0.15) is 14.5 Å². The molecule has 2 rings (SSSR count). The number of carbonyl (C=O) groups is 1. The summed E-state index contributed by atoms with van der Waals surface area (Å²) in [6.07, 6.45) is 0. The van der Waals surface area contributed by atoms with Gasteiger partial charge < -0.3 is 0 Å². The van der Waals surface area contributed by atoms with Crippen molar-refractivity contribution in [2.45, 2.75) is 0 Å². The van der Waals surface area contributed by atoms with Crippen molar-refractivity contribution < 1.29 is 4.79 Å². The molecule has 15 heavy (non-hydrogen) atoms. The fourth-order valence-corrected chi connectivity index (χ4v) is 4.08. The normalized spacial score (nSPS) is 10.6. The van der Waals surface area contributed by atoms with E-state index < -0.39 is 0 Å². The lowest BCUT2D eigenvalue weighted by atomic mass is 10.3. The molecule has 0 radical (unpaired) electrons.